The van der Waals surface area contributed by atoms with Crippen LogP contribution in [0.15, 0.2) is 42.0 Å². The third kappa shape index (κ3) is 3.69. The van der Waals surface area contributed by atoms with E-state index in [1.807, 2.05) is 42.0 Å². The number of aromatic nitrogens is 1. The van der Waals surface area contributed by atoms with E-state index in [0.717, 1.165) is 23.4 Å². The molecule has 2 heterocycles. The minimum atomic E-state index is -0.743. The Morgan fingerprint density at radius 3 is 2.90 bits per heavy atom. The molecular weight excluding hydrogens is 283 g/mol. The Hall–Kier alpha value is -1.70. The Morgan fingerprint density at radius 2 is 2.19 bits per heavy atom. The molecule has 0 amide bonds. The molecule has 0 N–H and O–H groups in total. The molecule has 0 aliphatic carbocycles. The Bertz CT molecular complexity index is 615. The third-order valence-electron chi connectivity index (χ3n) is 3.61. The van der Waals surface area contributed by atoms with Crippen molar-refractivity contribution < 1.29 is 4.39 Å². The van der Waals surface area contributed by atoms with Crippen LogP contribution in [0, 0.1) is 11.8 Å². The molecule has 0 saturated carbocycles. The number of likely N-dealkylation sites (tertiary alicyclic amines) is 1. The lowest BCUT2D eigenvalue weighted by Gasteiger charge is -2.32. The van der Waals surface area contributed by atoms with Gasteiger partial charge in [-0.15, -0.1) is 11.3 Å². The van der Waals surface area contributed by atoms with Gasteiger partial charge >= 0.3 is 0 Å². The fourth-order valence-electron chi connectivity index (χ4n) is 2.56. The maximum atomic E-state index is 13.7. The third-order valence-corrected chi connectivity index (χ3v) is 4.44. The molecule has 1 saturated heterocycles. The average Bonchev–Trinajstić information content (AvgIpc) is 3.03. The number of benzene rings is 1. The van der Waals surface area contributed by atoms with Gasteiger partial charge in [-0.2, -0.15) is 0 Å². The van der Waals surface area contributed by atoms with Gasteiger partial charge in [-0.1, -0.05) is 30.0 Å². The van der Waals surface area contributed by atoms with E-state index in [1.165, 1.54) is 0 Å². The first-order valence-corrected chi connectivity index (χ1v) is 8.04. The fraction of sp³-hybridized carbons (Fsp3) is 0.353. The Kier molecular flexibility index (Phi) is 4.64. The molecule has 2 atom stereocenters. The molecule has 0 spiro atoms. The van der Waals surface area contributed by atoms with Crippen molar-refractivity contribution in [3.05, 3.63) is 52.5 Å². The Balaban J connectivity index is 1.85. The van der Waals surface area contributed by atoms with Gasteiger partial charge in [0.15, 0.2) is 0 Å². The summed E-state index contributed by atoms with van der Waals surface area (Å²) in [7, 11) is 0. The molecule has 1 aliphatic rings. The molecule has 0 radical (unpaired) electrons. The second-order valence-corrected chi connectivity index (χ2v) is 6.09. The molecule has 1 aliphatic heterocycles. The molecule has 1 aromatic heterocycles. The molecule has 2 nitrogen and oxygen atoms in total. The molecule has 21 heavy (non-hydrogen) atoms. The lowest BCUT2D eigenvalue weighted by molar-refractivity contribution is 0.120. The van der Waals surface area contributed by atoms with Crippen molar-refractivity contribution in [2.75, 3.05) is 13.1 Å². The van der Waals surface area contributed by atoms with E-state index in [4.69, 9.17) is 0 Å². The van der Waals surface area contributed by atoms with Gasteiger partial charge in [0.05, 0.1) is 10.4 Å². The van der Waals surface area contributed by atoms with E-state index >= 15 is 0 Å². The highest BCUT2D eigenvalue weighted by Crippen LogP contribution is 2.27. The lowest BCUT2D eigenvalue weighted by atomic mass is 10.1. The van der Waals surface area contributed by atoms with E-state index in [1.54, 1.807) is 11.3 Å². The standard InChI is InChI=1S/C17H17FN2S/c18-15-7-4-10-20(12-15)16(17-11-19-13-21-17)9-8-14-5-2-1-3-6-14/h1-3,5-6,11,13,15-16H,4,7,10,12H2. The highest BCUT2D eigenvalue weighted by Gasteiger charge is 2.26. The summed E-state index contributed by atoms with van der Waals surface area (Å²) in [5, 5.41) is 0. The average molecular weight is 300 g/mol. The van der Waals surface area contributed by atoms with Gasteiger partial charge in [0, 0.05) is 18.3 Å². The van der Waals surface area contributed by atoms with E-state index in [9.17, 15) is 4.39 Å². The smallest absolute Gasteiger partial charge is 0.113 e. The zero-order valence-corrected chi connectivity index (χ0v) is 12.5. The number of piperidine rings is 1. The molecule has 3 rings (SSSR count). The van der Waals surface area contributed by atoms with Gasteiger partial charge in [0.1, 0.15) is 12.2 Å². The Labute approximate surface area is 128 Å². The summed E-state index contributed by atoms with van der Waals surface area (Å²) < 4.78 is 13.7. The van der Waals surface area contributed by atoms with Crippen LogP contribution >= 0.6 is 11.3 Å². The van der Waals surface area contributed by atoms with Crippen LogP contribution in [0.5, 0.6) is 0 Å². The quantitative estimate of drug-likeness (QED) is 0.787. The SMILES string of the molecule is FC1CCCN(C(C#Cc2ccccc2)c2cncs2)C1. The van der Waals surface area contributed by atoms with Crippen molar-refractivity contribution in [1.29, 1.82) is 0 Å². The highest BCUT2D eigenvalue weighted by atomic mass is 32.1. The molecule has 4 heteroatoms. The minimum Gasteiger partial charge on any atom is -0.282 e. The monoisotopic (exact) mass is 300 g/mol. The fourth-order valence-corrected chi connectivity index (χ4v) is 3.27. The van der Waals surface area contributed by atoms with Gasteiger partial charge in [0.25, 0.3) is 0 Å². The summed E-state index contributed by atoms with van der Waals surface area (Å²) in [5.41, 5.74) is 2.80. The van der Waals surface area contributed by atoms with Crippen LogP contribution < -0.4 is 0 Å². The summed E-state index contributed by atoms with van der Waals surface area (Å²) in [6.45, 7) is 1.36. The molecular formula is C17H17FN2S. The van der Waals surface area contributed by atoms with Crippen LogP contribution in [-0.2, 0) is 0 Å². The molecule has 108 valence electrons. The van der Waals surface area contributed by atoms with Gasteiger partial charge < -0.3 is 0 Å². The maximum Gasteiger partial charge on any atom is 0.113 e. The zero-order chi connectivity index (χ0) is 14.5. The molecule has 1 fully saturated rings. The largest absolute Gasteiger partial charge is 0.282 e. The minimum absolute atomic E-state index is 0.0590. The first kappa shape index (κ1) is 14.2. The normalized spacial score (nSPS) is 20.5. The summed E-state index contributed by atoms with van der Waals surface area (Å²) in [6, 6.07) is 9.85. The van der Waals surface area contributed by atoms with Crippen LogP contribution in [0.1, 0.15) is 29.3 Å². The van der Waals surface area contributed by atoms with Gasteiger partial charge in [-0.3, -0.25) is 9.88 Å². The van der Waals surface area contributed by atoms with Crippen molar-refractivity contribution in [2.45, 2.75) is 25.1 Å². The number of thiazole rings is 1. The highest BCUT2D eigenvalue weighted by molar-refractivity contribution is 7.09. The number of hydrogen-bond acceptors (Lipinski definition) is 3. The predicted molar refractivity (Wildman–Crippen MR) is 83.9 cm³/mol. The summed E-state index contributed by atoms with van der Waals surface area (Å²) >= 11 is 1.58. The second-order valence-electron chi connectivity index (χ2n) is 5.18. The van der Waals surface area contributed by atoms with Gasteiger partial charge in [-0.25, -0.2) is 4.39 Å². The number of rotatable bonds is 2. The van der Waals surface area contributed by atoms with E-state index < -0.39 is 6.17 Å². The van der Waals surface area contributed by atoms with Crippen LogP contribution in [0.25, 0.3) is 0 Å². The topological polar surface area (TPSA) is 16.1 Å². The lowest BCUT2D eigenvalue weighted by Crippen LogP contribution is -2.38. The predicted octanol–water partition coefficient (Wildman–Crippen LogP) is 3.67. The first-order chi connectivity index (χ1) is 10.3. The number of nitrogens with zero attached hydrogens (tertiary/aromatic N) is 2. The molecule has 1 aromatic carbocycles. The Morgan fingerprint density at radius 1 is 1.33 bits per heavy atom. The van der Waals surface area contributed by atoms with E-state index in [0.29, 0.717) is 13.0 Å². The van der Waals surface area contributed by atoms with E-state index in [2.05, 4.69) is 21.7 Å². The van der Waals surface area contributed by atoms with Gasteiger partial charge in [0.2, 0.25) is 0 Å². The summed E-state index contributed by atoms with van der Waals surface area (Å²) in [5.74, 6) is 6.52. The molecule has 2 unspecified atom stereocenters. The molecule has 2 aromatic rings. The van der Waals surface area contributed by atoms with Crippen molar-refractivity contribution in [3.63, 3.8) is 0 Å². The van der Waals surface area contributed by atoms with Crippen LogP contribution in [0.4, 0.5) is 4.39 Å². The summed E-state index contributed by atoms with van der Waals surface area (Å²) in [4.78, 5) is 7.37. The molecule has 0 bridgehead atoms. The number of halogens is 1. The number of alkyl halides is 1. The summed E-state index contributed by atoms with van der Waals surface area (Å²) in [6.07, 6.45) is 2.66. The van der Waals surface area contributed by atoms with E-state index in [-0.39, 0.29) is 6.04 Å². The van der Waals surface area contributed by atoms with Crippen molar-refractivity contribution >= 4 is 11.3 Å². The number of hydrogen-bond donors (Lipinski definition) is 0. The van der Waals surface area contributed by atoms with Crippen molar-refractivity contribution in [2.24, 2.45) is 0 Å². The van der Waals surface area contributed by atoms with Crippen LogP contribution in [0.3, 0.4) is 0 Å². The van der Waals surface area contributed by atoms with Crippen molar-refractivity contribution in [1.82, 2.24) is 9.88 Å². The second kappa shape index (κ2) is 6.84. The zero-order valence-electron chi connectivity index (χ0n) is 11.7. The maximum absolute atomic E-state index is 13.7. The van der Waals surface area contributed by atoms with Crippen LogP contribution in [0.2, 0.25) is 0 Å². The van der Waals surface area contributed by atoms with Gasteiger partial charge in [-0.05, 0) is 31.5 Å². The van der Waals surface area contributed by atoms with Crippen molar-refractivity contribution in [3.8, 4) is 11.8 Å². The van der Waals surface area contributed by atoms with Crippen LogP contribution in [-0.4, -0.2) is 29.1 Å². The first-order valence-electron chi connectivity index (χ1n) is 7.16.